The zero-order valence-corrected chi connectivity index (χ0v) is 16.5. The average molecular weight is 385 g/mol. The van der Waals surface area contributed by atoms with Crippen LogP contribution < -0.4 is 4.72 Å². The Balaban J connectivity index is 1.96. The predicted octanol–water partition coefficient (Wildman–Crippen LogP) is 1.90. The van der Waals surface area contributed by atoms with E-state index in [0.717, 1.165) is 13.1 Å². The van der Waals surface area contributed by atoms with E-state index >= 15 is 0 Å². The second-order valence-corrected chi connectivity index (χ2v) is 9.29. The van der Waals surface area contributed by atoms with Crippen molar-refractivity contribution < 1.29 is 18.1 Å². The molecule has 0 aliphatic carbocycles. The molecule has 0 saturated carbocycles. The molecule has 1 heterocycles. The van der Waals surface area contributed by atoms with Crippen molar-refractivity contribution in [1.82, 2.24) is 9.62 Å². The van der Waals surface area contributed by atoms with Gasteiger partial charge in [0.15, 0.2) is 0 Å². The molecule has 1 aromatic carbocycles. The molecule has 8 nitrogen and oxygen atoms in total. The van der Waals surface area contributed by atoms with Gasteiger partial charge in [-0.2, -0.15) is 0 Å². The zero-order valence-electron chi connectivity index (χ0n) is 15.6. The first-order valence-electron chi connectivity index (χ1n) is 8.60. The van der Waals surface area contributed by atoms with Crippen LogP contribution in [0.4, 0.5) is 5.69 Å². The van der Waals surface area contributed by atoms with Crippen molar-refractivity contribution in [2.45, 2.75) is 51.2 Å². The van der Waals surface area contributed by atoms with Gasteiger partial charge in [-0.1, -0.05) is 12.1 Å². The highest BCUT2D eigenvalue weighted by atomic mass is 32.2. The summed E-state index contributed by atoms with van der Waals surface area (Å²) in [5.74, 6) is -0.211. The molecule has 0 amide bonds. The maximum atomic E-state index is 12.4. The van der Waals surface area contributed by atoms with E-state index in [9.17, 15) is 18.5 Å². The minimum Gasteiger partial charge on any atom is -0.373 e. The number of rotatable bonds is 7. The Morgan fingerprint density at radius 3 is 2.27 bits per heavy atom. The normalized spacial score (nSPS) is 22.3. The molecule has 0 radical (unpaired) electrons. The van der Waals surface area contributed by atoms with Crippen LogP contribution in [0.1, 0.15) is 33.3 Å². The fourth-order valence-electron chi connectivity index (χ4n) is 3.05. The minimum atomic E-state index is -3.54. The topological polar surface area (TPSA) is 102 Å². The highest BCUT2D eigenvalue weighted by Crippen LogP contribution is 2.21. The number of morpholine rings is 1. The Labute approximate surface area is 154 Å². The van der Waals surface area contributed by atoms with Crippen LogP contribution >= 0.6 is 0 Å². The van der Waals surface area contributed by atoms with Gasteiger partial charge in [0.1, 0.15) is 0 Å². The van der Waals surface area contributed by atoms with Gasteiger partial charge in [-0.05, 0) is 33.3 Å². The number of nitro benzene ring substituents is 1. The summed E-state index contributed by atoms with van der Waals surface area (Å²) in [6.07, 6.45) is 0.212. The lowest BCUT2D eigenvalue weighted by molar-refractivity contribution is -0.384. The molecule has 0 bridgehead atoms. The molecule has 26 heavy (non-hydrogen) atoms. The summed E-state index contributed by atoms with van der Waals surface area (Å²) in [7, 11) is -3.54. The molecule has 2 rings (SSSR count). The SMILES string of the molecule is C[C@@H]1CN(C(C)(C)CNS(=O)(=O)Cc2ccc([N+](=O)[O-])cc2)C[C@@H](C)O1. The fourth-order valence-corrected chi connectivity index (χ4v) is 4.36. The number of hydrogen-bond donors (Lipinski definition) is 1. The molecular weight excluding hydrogens is 358 g/mol. The number of non-ortho nitro benzene ring substituents is 1. The molecule has 1 aromatic rings. The summed E-state index contributed by atoms with van der Waals surface area (Å²) in [4.78, 5) is 12.4. The number of nitrogens with zero attached hydrogens (tertiary/aromatic N) is 2. The van der Waals surface area contributed by atoms with E-state index in [1.54, 1.807) is 0 Å². The number of sulfonamides is 1. The van der Waals surface area contributed by atoms with Gasteiger partial charge in [-0.25, -0.2) is 13.1 Å². The first kappa shape index (κ1) is 20.8. The molecule has 1 N–H and O–H groups in total. The van der Waals surface area contributed by atoms with E-state index in [1.807, 2.05) is 27.7 Å². The Morgan fingerprint density at radius 2 is 1.77 bits per heavy atom. The van der Waals surface area contributed by atoms with Crippen molar-refractivity contribution in [3.05, 3.63) is 39.9 Å². The van der Waals surface area contributed by atoms with E-state index in [0.29, 0.717) is 5.56 Å². The number of ether oxygens (including phenoxy) is 1. The molecule has 0 spiro atoms. The molecule has 146 valence electrons. The average Bonchev–Trinajstić information content (AvgIpc) is 2.52. The molecule has 2 atom stereocenters. The van der Waals surface area contributed by atoms with Crippen LogP contribution in [0.2, 0.25) is 0 Å². The Morgan fingerprint density at radius 1 is 1.23 bits per heavy atom. The van der Waals surface area contributed by atoms with Crippen LogP contribution in [0, 0.1) is 10.1 Å². The van der Waals surface area contributed by atoms with Crippen LogP contribution in [-0.2, 0) is 20.5 Å². The summed E-state index contributed by atoms with van der Waals surface area (Å²) >= 11 is 0. The van der Waals surface area contributed by atoms with Gasteiger partial charge in [-0.15, -0.1) is 0 Å². The molecule has 1 aliphatic rings. The van der Waals surface area contributed by atoms with Crippen molar-refractivity contribution in [3.8, 4) is 0 Å². The highest BCUT2D eigenvalue weighted by Gasteiger charge is 2.34. The van der Waals surface area contributed by atoms with Crippen LogP contribution in [0.3, 0.4) is 0 Å². The number of nitro groups is 1. The summed E-state index contributed by atoms with van der Waals surface area (Å²) in [5, 5.41) is 10.7. The van der Waals surface area contributed by atoms with Crippen LogP contribution in [0.25, 0.3) is 0 Å². The van der Waals surface area contributed by atoms with Gasteiger partial charge in [0.2, 0.25) is 10.0 Å². The summed E-state index contributed by atoms with van der Waals surface area (Å²) in [6.45, 7) is 9.82. The third-order valence-corrected chi connectivity index (χ3v) is 5.80. The van der Waals surface area contributed by atoms with E-state index in [4.69, 9.17) is 4.74 Å². The molecule has 1 fully saturated rings. The van der Waals surface area contributed by atoms with Gasteiger partial charge < -0.3 is 4.74 Å². The minimum absolute atomic E-state index is 0.0594. The Hall–Kier alpha value is -1.55. The lowest BCUT2D eigenvalue weighted by Crippen LogP contribution is -2.58. The highest BCUT2D eigenvalue weighted by molar-refractivity contribution is 7.88. The summed E-state index contributed by atoms with van der Waals surface area (Å²) in [6, 6.07) is 5.55. The van der Waals surface area contributed by atoms with E-state index < -0.39 is 14.9 Å². The fraction of sp³-hybridized carbons (Fsp3) is 0.647. The number of nitrogens with one attached hydrogen (secondary N) is 1. The number of benzene rings is 1. The molecule has 9 heteroatoms. The van der Waals surface area contributed by atoms with Crippen molar-refractivity contribution in [1.29, 1.82) is 0 Å². The van der Waals surface area contributed by atoms with Crippen molar-refractivity contribution in [2.75, 3.05) is 19.6 Å². The second kappa shape index (κ2) is 7.99. The first-order valence-corrected chi connectivity index (χ1v) is 10.2. The van der Waals surface area contributed by atoms with Crippen molar-refractivity contribution in [3.63, 3.8) is 0 Å². The number of hydrogen-bond acceptors (Lipinski definition) is 6. The summed E-state index contributed by atoms with van der Waals surface area (Å²) in [5.41, 5.74) is 0.0970. The van der Waals surface area contributed by atoms with E-state index in [1.165, 1.54) is 24.3 Å². The molecule has 0 aromatic heterocycles. The van der Waals surface area contributed by atoms with E-state index in [2.05, 4.69) is 9.62 Å². The second-order valence-electron chi connectivity index (χ2n) is 7.48. The Bertz CT molecular complexity index is 723. The van der Waals surface area contributed by atoms with Gasteiger partial charge in [-0.3, -0.25) is 15.0 Å². The lowest BCUT2D eigenvalue weighted by Gasteiger charge is -2.45. The lowest BCUT2D eigenvalue weighted by atomic mass is 10.0. The monoisotopic (exact) mass is 385 g/mol. The van der Waals surface area contributed by atoms with Crippen molar-refractivity contribution >= 4 is 15.7 Å². The molecule has 1 saturated heterocycles. The van der Waals surface area contributed by atoms with E-state index in [-0.39, 0.29) is 35.7 Å². The van der Waals surface area contributed by atoms with Crippen molar-refractivity contribution in [2.24, 2.45) is 0 Å². The van der Waals surface area contributed by atoms with Gasteiger partial charge in [0.05, 0.1) is 22.9 Å². The standard InChI is InChI=1S/C17H27N3O5S/c1-13-9-19(10-14(2)25-13)17(3,4)12-18-26(23,24)11-15-5-7-16(8-6-15)20(21)22/h5-8,13-14,18H,9-12H2,1-4H3/t13-,14-/m1/s1. The molecule has 0 unspecified atom stereocenters. The van der Waals surface area contributed by atoms with Gasteiger partial charge in [0.25, 0.3) is 5.69 Å². The maximum Gasteiger partial charge on any atom is 0.269 e. The van der Waals surface area contributed by atoms with Gasteiger partial charge in [0, 0.05) is 37.3 Å². The third-order valence-electron chi connectivity index (χ3n) is 4.50. The third kappa shape index (κ3) is 5.73. The van der Waals surface area contributed by atoms with Crippen LogP contribution in [0.5, 0.6) is 0 Å². The Kier molecular flexibility index (Phi) is 6.38. The molecule has 1 aliphatic heterocycles. The first-order chi connectivity index (χ1) is 12.0. The van der Waals surface area contributed by atoms with Gasteiger partial charge >= 0.3 is 0 Å². The quantitative estimate of drug-likeness (QED) is 0.568. The smallest absolute Gasteiger partial charge is 0.269 e. The largest absolute Gasteiger partial charge is 0.373 e. The maximum absolute atomic E-state index is 12.4. The van der Waals surface area contributed by atoms with Crippen LogP contribution in [-0.4, -0.2) is 55.6 Å². The zero-order chi connectivity index (χ0) is 19.5. The van der Waals surface area contributed by atoms with Crippen LogP contribution in [0.15, 0.2) is 24.3 Å². The molecular formula is C17H27N3O5S. The summed E-state index contributed by atoms with van der Waals surface area (Å²) < 4.78 is 33.2. The predicted molar refractivity (Wildman–Crippen MR) is 99.4 cm³/mol.